The van der Waals surface area contributed by atoms with Gasteiger partial charge in [0, 0.05) is 15.5 Å². The van der Waals surface area contributed by atoms with Crippen molar-refractivity contribution in [3.05, 3.63) is 32.7 Å². The predicted molar refractivity (Wildman–Crippen MR) is 71.8 cm³/mol. The zero-order valence-electron chi connectivity index (χ0n) is 8.84. The van der Waals surface area contributed by atoms with Gasteiger partial charge in [0.25, 0.3) is 0 Å². The molecule has 84 valence electrons. The smallest absolute Gasteiger partial charge is 0.0320 e. The van der Waals surface area contributed by atoms with Gasteiger partial charge in [0.05, 0.1) is 0 Å². The van der Waals surface area contributed by atoms with Crippen LogP contribution in [0.4, 0.5) is 0 Å². The second kappa shape index (κ2) is 6.63. The normalized spacial score (nSPS) is 11.0. The van der Waals surface area contributed by atoms with Gasteiger partial charge in [-0.3, -0.25) is 0 Å². The summed E-state index contributed by atoms with van der Waals surface area (Å²) in [5.41, 5.74) is 6.78. The Labute approximate surface area is 108 Å². The van der Waals surface area contributed by atoms with E-state index in [0.29, 0.717) is 0 Å². The van der Waals surface area contributed by atoms with Gasteiger partial charge in [-0.2, -0.15) is 0 Å². The van der Waals surface area contributed by atoms with Crippen molar-refractivity contribution in [1.29, 1.82) is 0 Å². The van der Waals surface area contributed by atoms with Crippen LogP contribution >= 0.6 is 31.9 Å². The molecule has 0 radical (unpaired) electrons. The van der Waals surface area contributed by atoms with Gasteiger partial charge in [0.1, 0.15) is 0 Å². The van der Waals surface area contributed by atoms with Crippen LogP contribution in [-0.4, -0.2) is 25.0 Å². The number of halogens is 2. The predicted octanol–water partition coefficient (Wildman–Crippen LogP) is 2.99. The number of rotatable bonds is 5. The largest absolute Gasteiger partial charge is 0.330 e. The highest BCUT2D eigenvalue weighted by Gasteiger charge is 2.02. The van der Waals surface area contributed by atoms with Crippen molar-refractivity contribution >= 4 is 31.9 Å². The first-order chi connectivity index (χ1) is 7.13. The van der Waals surface area contributed by atoms with E-state index >= 15 is 0 Å². The van der Waals surface area contributed by atoms with E-state index in [4.69, 9.17) is 5.73 Å². The van der Waals surface area contributed by atoms with Crippen molar-refractivity contribution < 1.29 is 0 Å². The number of nitrogens with zero attached hydrogens (tertiary/aromatic N) is 1. The molecule has 0 unspecified atom stereocenters. The van der Waals surface area contributed by atoms with Gasteiger partial charge in [-0.1, -0.05) is 6.07 Å². The molecule has 0 saturated carbocycles. The van der Waals surface area contributed by atoms with Gasteiger partial charge in [-0.05, 0) is 76.1 Å². The molecule has 1 aromatic carbocycles. The molecular weight excluding hydrogens is 320 g/mol. The Bertz CT molecular complexity index is 315. The monoisotopic (exact) mass is 334 g/mol. The van der Waals surface area contributed by atoms with Crippen LogP contribution in [0.1, 0.15) is 12.0 Å². The average molecular weight is 336 g/mol. The fourth-order valence-electron chi connectivity index (χ4n) is 1.39. The Morgan fingerprint density at radius 3 is 2.60 bits per heavy atom. The van der Waals surface area contributed by atoms with E-state index in [2.05, 4.69) is 62.0 Å². The maximum atomic E-state index is 5.47. The van der Waals surface area contributed by atoms with Gasteiger partial charge >= 0.3 is 0 Å². The molecule has 0 aliphatic heterocycles. The second-order valence-electron chi connectivity index (χ2n) is 3.63. The van der Waals surface area contributed by atoms with Crippen LogP contribution in [0.15, 0.2) is 27.1 Å². The first kappa shape index (κ1) is 13.2. The number of hydrogen-bond donors (Lipinski definition) is 1. The molecule has 1 aromatic rings. The molecule has 2 nitrogen and oxygen atoms in total. The summed E-state index contributed by atoms with van der Waals surface area (Å²) in [6.07, 6.45) is 1.05. The fraction of sp³-hybridized carbons (Fsp3) is 0.455. The van der Waals surface area contributed by atoms with Gasteiger partial charge in [-0.15, -0.1) is 0 Å². The molecule has 1 rings (SSSR count). The lowest BCUT2D eigenvalue weighted by Gasteiger charge is -2.16. The summed E-state index contributed by atoms with van der Waals surface area (Å²) in [5, 5.41) is 0. The Morgan fingerprint density at radius 2 is 2.00 bits per heavy atom. The molecule has 0 aliphatic carbocycles. The van der Waals surface area contributed by atoms with Crippen molar-refractivity contribution in [2.45, 2.75) is 13.0 Å². The Kier molecular flexibility index (Phi) is 5.82. The van der Waals surface area contributed by atoms with Gasteiger partial charge < -0.3 is 10.6 Å². The van der Waals surface area contributed by atoms with Crippen LogP contribution in [0.3, 0.4) is 0 Å². The standard InChI is InChI=1S/C11H16Br2N2/c1-15(6-2-5-14)8-9-3-4-10(12)11(13)7-9/h3-4,7H,2,5-6,8,14H2,1H3. The molecule has 15 heavy (non-hydrogen) atoms. The van der Waals surface area contributed by atoms with Crippen molar-refractivity contribution in [2.75, 3.05) is 20.1 Å². The molecule has 0 bridgehead atoms. The molecule has 0 spiro atoms. The van der Waals surface area contributed by atoms with Crippen LogP contribution in [0.2, 0.25) is 0 Å². The molecular formula is C11H16Br2N2. The molecule has 0 amide bonds. The van der Waals surface area contributed by atoms with Crippen molar-refractivity contribution in [3.8, 4) is 0 Å². The minimum atomic E-state index is 0.758. The van der Waals surface area contributed by atoms with E-state index in [0.717, 1.165) is 35.0 Å². The maximum absolute atomic E-state index is 5.47. The Hall–Kier alpha value is 0.1000. The summed E-state index contributed by atoms with van der Waals surface area (Å²) in [5.74, 6) is 0. The second-order valence-corrected chi connectivity index (χ2v) is 5.34. The highest BCUT2D eigenvalue weighted by molar-refractivity contribution is 9.13. The van der Waals surface area contributed by atoms with E-state index in [1.807, 2.05) is 0 Å². The van der Waals surface area contributed by atoms with Gasteiger partial charge in [-0.25, -0.2) is 0 Å². The molecule has 4 heteroatoms. The summed E-state index contributed by atoms with van der Waals surface area (Å²) < 4.78 is 2.20. The summed E-state index contributed by atoms with van der Waals surface area (Å²) >= 11 is 6.96. The Morgan fingerprint density at radius 1 is 1.27 bits per heavy atom. The van der Waals surface area contributed by atoms with E-state index in [1.165, 1.54) is 5.56 Å². The molecule has 0 saturated heterocycles. The van der Waals surface area contributed by atoms with Crippen LogP contribution in [0.5, 0.6) is 0 Å². The van der Waals surface area contributed by atoms with Crippen molar-refractivity contribution in [1.82, 2.24) is 4.90 Å². The number of hydrogen-bond acceptors (Lipinski definition) is 2. The van der Waals surface area contributed by atoms with Gasteiger partial charge in [0.15, 0.2) is 0 Å². The first-order valence-electron chi connectivity index (χ1n) is 4.96. The minimum absolute atomic E-state index is 0.758. The van der Waals surface area contributed by atoms with Crippen LogP contribution in [0, 0.1) is 0 Å². The van der Waals surface area contributed by atoms with Crippen molar-refractivity contribution in [2.24, 2.45) is 5.73 Å². The minimum Gasteiger partial charge on any atom is -0.330 e. The molecule has 0 fully saturated rings. The Balaban J connectivity index is 2.53. The van der Waals surface area contributed by atoms with Crippen LogP contribution in [-0.2, 0) is 6.54 Å². The SMILES string of the molecule is CN(CCCN)Cc1ccc(Br)c(Br)c1. The van der Waals surface area contributed by atoms with Crippen LogP contribution < -0.4 is 5.73 Å². The highest BCUT2D eigenvalue weighted by atomic mass is 79.9. The van der Waals surface area contributed by atoms with Crippen LogP contribution in [0.25, 0.3) is 0 Å². The molecule has 0 heterocycles. The summed E-state index contributed by atoms with van der Waals surface area (Å²) in [7, 11) is 2.12. The van der Waals surface area contributed by atoms with E-state index in [-0.39, 0.29) is 0 Å². The molecule has 2 N–H and O–H groups in total. The number of benzene rings is 1. The lowest BCUT2D eigenvalue weighted by Crippen LogP contribution is -2.21. The zero-order valence-corrected chi connectivity index (χ0v) is 12.0. The molecule has 0 atom stereocenters. The summed E-state index contributed by atoms with van der Waals surface area (Å²) in [6.45, 7) is 2.77. The molecule has 0 aliphatic rings. The maximum Gasteiger partial charge on any atom is 0.0320 e. The topological polar surface area (TPSA) is 29.3 Å². The lowest BCUT2D eigenvalue weighted by molar-refractivity contribution is 0.324. The van der Waals surface area contributed by atoms with E-state index in [9.17, 15) is 0 Å². The third-order valence-corrected chi connectivity index (χ3v) is 4.06. The quantitative estimate of drug-likeness (QED) is 0.896. The first-order valence-corrected chi connectivity index (χ1v) is 6.54. The fourth-order valence-corrected chi connectivity index (χ4v) is 2.06. The summed E-state index contributed by atoms with van der Waals surface area (Å²) in [6, 6.07) is 6.34. The molecule has 0 aromatic heterocycles. The van der Waals surface area contributed by atoms with E-state index in [1.54, 1.807) is 0 Å². The van der Waals surface area contributed by atoms with Gasteiger partial charge in [0.2, 0.25) is 0 Å². The zero-order chi connectivity index (χ0) is 11.3. The summed E-state index contributed by atoms with van der Waals surface area (Å²) in [4.78, 5) is 2.28. The number of nitrogens with two attached hydrogens (primary N) is 1. The van der Waals surface area contributed by atoms with E-state index < -0.39 is 0 Å². The third-order valence-electron chi connectivity index (χ3n) is 2.18. The lowest BCUT2D eigenvalue weighted by atomic mass is 10.2. The van der Waals surface area contributed by atoms with Crippen molar-refractivity contribution in [3.63, 3.8) is 0 Å². The highest BCUT2D eigenvalue weighted by Crippen LogP contribution is 2.24. The average Bonchev–Trinajstić information content (AvgIpc) is 2.20. The third kappa shape index (κ3) is 4.64.